The molecule has 0 aliphatic carbocycles. The van der Waals surface area contributed by atoms with Gasteiger partial charge < -0.3 is 9.40 Å². The van der Waals surface area contributed by atoms with Gasteiger partial charge in [-0.3, -0.25) is 4.57 Å². The van der Waals surface area contributed by atoms with Crippen LogP contribution in [0.5, 0.6) is 0 Å². The lowest BCUT2D eigenvalue weighted by molar-refractivity contribution is 0.493. The standard InChI is InChI=1S/C13H12N2O2/c1-9-4-2-6-11-12(9)14-13(16)15(11)8-10-5-3-7-17-10/h2-7H,8H2,1H3,(H,14,16). The first-order chi connectivity index (χ1) is 8.25. The number of nitrogens with zero attached hydrogens (tertiary/aromatic N) is 1. The fourth-order valence-corrected chi connectivity index (χ4v) is 2.04. The van der Waals surface area contributed by atoms with E-state index in [0.717, 1.165) is 22.4 Å². The third-order valence-corrected chi connectivity index (χ3v) is 2.91. The Morgan fingerprint density at radius 2 is 2.18 bits per heavy atom. The highest BCUT2D eigenvalue weighted by atomic mass is 16.3. The average molecular weight is 228 g/mol. The van der Waals surface area contributed by atoms with Gasteiger partial charge in [0, 0.05) is 0 Å². The van der Waals surface area contributed by atoms with E-state index in [0.29, 0.717) is 6.54 Å². The van der Waals surface area contributed by atoms with Crippen molar-refractivity contribution in [1.29, 1.82) is 0 Å². The number of fused-ring (bicyclic) bond motifs is 1. The van der Waals surface area contributed by atoms with Gasteiger partial charge in [-0.2, -0.15) is 0 Å². The zero-order chi connectivity index (χ0) is 11.8. The third-order valence-electron chi connectivity index (χ3n) is 2.91. The van der Waals surface area contributed by atoms with Gasteiger partial charge in [0.1, 0.15) is 5.76 Å². The molecule has 3 aromatic rings. The van der Waals surface area contributed by atoms with Gasteiger partial charge in [0.05, 0.1) is 23.8 Å². The van der Waals surface area contributed by atoms with Gasteiger partial charge >= 0.3 is 5.69 Å². The van der Waals surface area contributed by atoms with Crippen LogP contribution in [0.2, 0.25) is 0 Å². The van der Waals surface area contributed by atoms with E-state index < -0.39 is 0 Å². The highest BCUT2D eigenvalue weighted by Crippen LogP contribution is 2.15. The second kappa shape index (κ2) is 3.66. The number of hydrogen-bond acceptors (Lipinski definition) is 2. The molecule has 3 rings (SSSR count). The van der Waals surface area contributed by atoms with Crippen molar-refractivity contribution in [2.75, 3.05) is 0 Å². The van der Waals surface area contributed by atoms with Crippen LogP contribution in [0.1, 0.15) is 11.3 Å². The molecule has 0 aliphatic rings. The summed E-state index contributed by atoms with van der Waals surface area (Å²) in [5.41, 5.74) is 2.76. The lowest BCUT2D eigenvalue weighted by atomic mass is 10.2. The van der Waals surface area contributed by atoms with Crippen molar-refractivity contribution >= 4 is 11.0 Å². The molecule has 86 valence electrons. The van der Waals surface area contributed by atoms with E-state index in [9.17, 15) is 4.79 Å². The van der Waals surface area contributed by atoms with E-state index >= 15 is 0 Å². The summed E-state index contributed by atoms with van der Waals surface area (Å²) in [6.07, 6.45) is 1.61. The summed E-state index contributed by atoms with van der Waals surface area (Å²) in [5.74, 6) is 0.773. The lowest BCUT2D eigenvalue weighted by Crippen LogP contribution is -2.16. The quantitative estimate of drug-likeness (QED) is 0.731. The maximum Gasteiger partial charge on any atom is 0.326 e. The van der Waals surface area contributed by atoms with Crippen molar-refractivity contribution in [2.45, 2.75) is 13.5 Å². The van der Waals surface area contributed by atoms with Crippen LogP contribution >= 0.6 is 0 Å². The van der Waals surface area contributed by atoms with Crippen molar-refractivity contribution in [3.8, 4) is 0 Å². The molecule has 17 heavy (non-hydrogen) atoms. The van der Waals surface area contributed by atoms with Crippen LogP contribution in [0.15, 0.2) is 45.8 Å². The maximum absolute atomic E-state index is 11.9. The second-order valence-corrected chi connectivity index (χ2v) is 4.06. The Balaban J connectivity index is 2.19. The summed E-state index contributed by atoms with van der Waals surface area (Å²) in [6.45, 7) is 2.44. The van der Waals surface area contributed by atoms with E-state index in [2.05, 4.69) is 4.98 Å². The van der Waals surface area contributed by atoms with Crippen molar-refractivity contribution in [1.82, 2.24) is 9.55 Å². The van der Waals surface area contributed by atoms with Crippen LogP contribution < -0.4 is 5.69 Å². The summed E-state index contributed by atoms with van der Waals surface area (Å²) >= 11 is 0. The van der Waals surface area contributed by atoms with Crippen molar-refractivity contribution in [2.24, 2.45) is 0 Å². The van der Waals surface area contributed by atoms with Crippen LogP contribution in [-0.2, 0) is 6.54 Å². The molecule has 0 radical (unpaired) electrons. The molecule has 0 unspecified atom stereocenters. The summed E-state index contributed by atoms with van der Waals surface area (Å²) in [6, 6.07) is 9.55. The second-order valence-electron chi connectivity index (χ2n) is 4.06. The monoisotopic (exact) mass is 228 g/mol. The number of aryl methyl sites for hydroxylation is 1. The Bertz CT molecular complexity index is 705. The summed E-state index contributed by atoms with van der Waals surface area (Å²) in [5, 5.41) is 0. The highest BCUT2D eigenvalue weighted by Gasteiger charge is 2.09. The molecule has 4 nitrogen and oxygen atoms in total. The first-order valence-electron chi connectivity index (χ1n) is 5.46. The SMILES string of the molecule is Cc1cccc2c1[nH]c(=O)n2Cc1ccco1. The number of H-pyrrole nitrogens is 1. The van der Waals surface area contributed by atoms with Gasteiger partial charge in [0.2, 0.25) is 0 Å². The molecule has 0 spiro atoms. The van der Waals surface area contributed by atoms with Gasteiger partial charge in [-0.05, 0) is 30.7 Å². The topological polar surface area (TPSA) is 50.9 Å². The number of hydrogen-bond donors (Lipinski definition) is 1. The van der Waals surface area contributed by atoms with E-state index in [1.54, 1.807) is 10.8 Å². The number of rotatable bonds is 2. The first kappa shape index (κ1) is 9.96. The van der Waals surface area contributed by atoms with Gasteiger partial charge in [-0.25, -0.2) is 4.79 Å². The third kappa shape index (κ3) is 1.58. The molecule has 1 aromatic carbocycles. The number of aromatic nitrogens is 2. The van der Waals surface area contributed by atoms with E-state index in [4.69, 9.17) is 4.42 Å². The average Bonchev–Trinajstić information content (AvgIpc) is 2.91. The van der Waals surface area contributed by atoms with Crippen LogP contribution in [0.4, 0.5) is 0 Å². The fourth-order valence-electron chi connectivity index (χ4n) is 2.04. The molecule has 0 fully saturated rings. The molecule has 1 N–H and O–H groups in total. The minimum atomic E-state index is -0.106. The van der Waals surface area contributed by atoms with Gasteiger partial charge in [-0.1, -0.05) is 12.1 Å². The fraction of sp³-hybridized carbons (Fsp3) is 0.154. The zero-order valence-corrected chi connectivity index (χ0v) is 9.43. The van der Waals surface area contributed by atoms with Gasteiger partial charge in [0.15, 0.2) is 0 Å². The highest BCUT2D eigenvalue weighted by molar-refractivity contribution is 5.78. The number of aromatic amines is 1. The number of para-hydroxylation sites is 1. The first-order valence-corrected chi connectivity index (χ1v) is 5.46. The predicted octanol–water partition coefficient (Wildman–Crippen LogP) is 2.28. The summed E-state index contributed by atoms with van der Waals surface area (Å²) in [7, 11) is 0. The molecule has 0 saturated carbocycles. The van der Waals surface area contributed by atoms with Gasteiger partial charge in [0.25, 0.3) is 0 Å². The van der Waals surface area contributed by atoms with Crippen molar-refractivity contribution in [3.05, 3.63) is 58.4 Å². The molecule has 0 saturated heterocycles. The minimum absolute atomic E-state index is 0.106. The summed E-state index contributed by atoms with van der Waals surface area (Å²) in [4.78, 5) is 14.8. The predicted molar refractivity (Wildman–Crippen MR) is 65.1 cm³/mol. The Morgan fingerprint density at radius 3 is 2.94 bits per heavy atom. The summed E-state index contributed by atoms with van der Waals surface area (Å²) < 4.78 is 6.95. The molecular formula is C13H12N2O2. The zero-order valence-electron chi connectivity index (χ0n) is 9.43. The Morgan fingerprint density at radius 1 is 1.29 bits per heavy atom. The smallest absolute Gasteiger partial charge is 0.326 e. The normalized spacial score (nSPS) is 11.1. The molecule has 4 heteroatoms. The van der Waals surface area contributed by atoms with E-state index in [1.807, 2.05) is 37.3 Å². The Kier molecular flexibility index (Phi) is 2.14. The van der Waals surface area contributed by atoms with Gasteiger partial charge in [-0.15, -0.1) is 0 Å². The van der Waals surface area contributed by atoms with Crippen LogP contribution in [0, 0.1) is 6.92 Å². The molecule has 0 amide bonds. The number of benzene rings is 1. The number of furan rings is 1. The minimum Gasteiger partial charge on any atom is -0.467 e. The van der Waals surface area contributed by atoms with Crippen molar-refractivity contribution < 1.29 is 4.42 Å². The largest absolute Gasteiger partial charge is 0.467 e. The number of imidazole rings is 1. The van der Waals surface area contributed by atoms with Crippen LogP contribution in [0.3, 0.4) is 0 Å². The van der Waals surface area contributed by atoms with E-state index in [1.165, 1.54) is 0 Å². The molecule has 2 heterocycles. The molecule has 0 bridgehead atoms. The van der Waals surface area contributed by atoms with Crippen LogP contribution in [-0.4, -0.2) is 9.55 Å². The number of nitrogens with one attached hydrogen (secondary N) is 1. The lowest BCUT2D eigenvalue weighted by Gasteiger charge is -2.00. The van der Waals surface area contributed by atoms with E-state index in [-0.39, 0.29) is 5.69 Å². The van der Waals surface area contributed by atoms with Crippen molar-refractivity contribution in [3.63, 3.8) is 0 Å². The molecule has 0 atom stereocenters. The Hall–Kier alpha value is -2.23. The maximum atomic E-state index is 11.9. The van der Waals surface area contributed by atoms with Crippen LogP contribution in [0.25, 0.3) is 11.0 Å². The molecule has 0 aliphatic heterocycles. The Labute approximate surface area is 97.5 Å². The molecule has 2 aromatic heterocycles. The molecular weight excluding hydrogens is 216 g/mol.